The van der Waals surface area contributed by atoms with Gasteiger partial charge in [-0.05, 0) is 23.0 Å². The van der Waals surface area contributed by atoms with Crippen molar-refractivity contribution in [2.24, 2.45) is 0 Å². The molecule has 0 saturated heterocycles. The lowest BCUT2D eigenvalue weighted by Gasteiger charge is -2.04. The van der Waals surface area contributed by atoms with E-state index < -0.39 is 7.12 Å². The Balaban J connectivity index is 2.61. The van der Waals surface area contributed by atoms with E-state index in [9.17, 15) is 0 Å². The fraction of sp³-hybridized carbons (Fsp3) is 0.273. The van der Waals surface area contributed by atoms with Crippen molar-refractivity contribution in [2.75, 3.05) is 0 Å². The van der Waals surface area contributed by atoms with E-state index in [2.05, 4.69) is 18.8 Å². The Hall–Kier alpha value is -1.26. The number of H-pyrrole nitrogens is 1. The first-order chi connectivity index (χ1) is 7.09. The number of rotatable bonds is 2. The van der Waals surface area contributed by atoms with Crippen molar-refractivity contribution >= 4 is 23.5 Å². The average Bonchev–Trinajstić information content (AvgIpc) is 2.59. The number of nitrogens with one attached hydrogen (secondary N) is 1. The van der Waals surface area contributed by atoms with Crippen molar-refractivity contribution in [2.45, 2.75) is 19.8 Å². The van der Waals surface area contributed by atoms with Crippen molar-refractivity contribution in [3.05, 3.63) is 30.0 Å². The average molecular weight is 203 g/mol. The molecule has 0 bridgehead atoms. The van der Waals surface area contributed by atoms with Gasteiger partial charge in [0.15, 0.2) is 0 Å². The molecule has 3 nitrogen and oxygen atoms in total. The summed E-state index contributed by atoms with van der Waals surface area (Å²) < 4.78 is 0. The summed E-state index contributed by atoms with van der Waals surface area (Å²) in [4.78, 5) is 3.17. The maximum Gasteiger partial charge on any atom is 0.488 e. The van der Waals surface area contributed by atoms with E-state index in [1.165, 1.54) is 5.56 Å². The van der Waals surface area contributed by atoms with E-state index in [0.717, 1.165) is 10.9 Å². The predicted octanol–water partition coefficient (Wildman–Crippen LogP) is 0.971. The monoisotopic (exact) mass is 203 g/mol. The minimum Gasteiger partial charge on any atom is -0.423 e. The lowest BCUT2D eigenvalue weighted by molar-refractivity contribution is 0.426. The van der Waals surface area contributed by atoms with Gasteiger partial charge in [0, 0.05) is 17.1 Å². The van der Waals surface area contributed by atoms with E-state index in [0.29, 0.717) is 11.4 Å². The Kier molecular flexibility index (Phi) is 2.55. The third kappa shape index (κ3) is 1.78. The lowest BCUT2D eigenvalue weighted by atomic mass is 9.79. The molecule has 0 aliphatic heterocycles. The highest BCUT2D eigenvalue weighted by Gasteiger charge is 2.13. The second-order valence-electron chi connectivity index (χ2n) is 4.08. The number of aromatic nitrogens is 1. The highest BCUT2D eigenvalue weighted by molar-refractivity contribution is 6.58. The topological polar surface area (TPSA) is 56.2 Å². The van der Waals surface area contributed by atoms with Crippen molar-refractivity contribution in [3.8, 4) is 0 Å². The predicted molar refractivity (Wildman–Crippen MR) is 62.2 cm³/mol. The summed E-state index contributed by atoms with van der Waals surface area (Å²) in [5.41, 5.74) is 2.76. The fourth-order valence-electron chi connectivity index (χ4n) is 1.80. The summed E-state index contributed by atoms with van der Waals surface area (Å²) in [5.74, 6) is 0.421. The zero-order valence-corrected chi connectivity index (χ0v) is 8.86. The number of aromatic amines is 1. The molecule has 0 saturated carbocycles. The maximum absolute atomic E-state index is 9.10. The Morgan fingerprint density at radius 3 is 2.60 bits per heavy atom. The Morgan fingerprint density at radius 2 is 2.00 bits per heavy atom. The fourth-order valence-corrected chi connectivity index (χ4v) is 1.80. The molecule has 2 aromatic rings. The van der Waals surface area contributed by atoms with Crippen molar-refractivity contribution in [1.82, 2.24) is 4.98 Å². The summed E-state index contributed by atoms with van der Waals surface area (Å²) >= 11 is 0. The molecule has 0 atom stereocenters. The van der Waals surface area contributed by atoms with E-state index in [4.69, 9.17) is 10.0 Å². The minimum absolute atomic E-state index is 0.421. The smallest absolute Gasteiger partial charge is 0.423 e. The summed E-state index contributed by atoms with van der Waals surface area (Å²) in [6.45, 7) is 4.23. The van der Waals surface area contributed by atoms with Crippen LogP contribution in [0.5, 0.6) is 0 Å². The SMILES string of the molecule is CC(C)c1c[nH]c2ccc(B(O)O)cc12. The zero-order chi connectivity index (χ0) is 11.0. The third-order valence-corrected chi connectivity index (χ3v) is 2.66. The molecule has 4 heteroatoms. The molecule has 1 aromatic heterocycles. The zero-order valence-electron chi connectivity index (χ0n) is 8.86. The first-order valence-corrected chi connectivity index (χ1v) is 5.06. The molecule has 0 aliphatic rings. The van der Waals surface area contributed by atoms with E-state index >= 15 is 0 Å². The Labute approximate surface area is 88.9 Å². The van der Waals surface area contributed by atoms with Crippen LogP contribution < -0.4 is 5.46 Å². The van der Waals surface area contributed by atoms with Crippen LogP contribution in [0.3, 0.4) is 0 Å². The second-order valence-corrected chi connectivity index (χ2v) is 4.08. The molecule has 2 rings (SSSR count). The normalized spacial score (nSPS) is 11.3. The van der Waals surface area contributed by atoms with Gasteiger partial charge in [-0.2, -0.15) is 0 Å². The van der Waals surface area contributed by atoms with E-state index in [-0.39, 0.29) is 0 Å². The van der Waals surface area contributed by atoms with Crippen molar-refractivity contribution < 1.29 is 10.0 Å². The number of hydrogen-bond acceptors (Lipinski definition) is 2. The van der Waals surface area contributed by atoms with Gasteiger partial charge in [0.2, 0.25) is 0 Å². The number of benzene rings is 1. The van der Waals surface area contributed by atoms with Crippen LogP contribution in [0.1, 0.15) is 25.3 Å². The van der Waals surface area contributed by atoms with Gasteiger partial charge in [0.05, 0.1) is 0 Å². The molecule has 15 heavy (non-hydrogen) atoms. The standard InChI is InChI=1S/C11H14BNO2/c1-7(2)10-6-13-11-4-3-8(12(14)15)5-9(10)11/h3-7,13-15H,1-2H3. The summed E-state index contributed by atoms with van der Waals surface area (Å²) in [6, 6.07) is 5.41. The van der Waals surface area contributed by atoms with Crippen LogP contribution in [0.15, 0.2) is 24.4 Å². The molecule has 0 spiro atoms. The van der Waals surface area contributed by atoms with Crippen LogP contribution in [0.25, 0.3) is 10.9 Å². The quantitative estimate of drug-likeness (QED) is 0.637. The Morgan fingerprint density at radius 1 is 1.27 bits per heavy atom. The van der Waals surface area contributed by atoms with Gasteiger partial charge in [0.1, 0.15) is 0 Å². The van der Waals surface area contributed by atoms with Crippen LogP contribution in [-0.2, 0) is 0 Å². The largest absolute Gasteiger partial charge is 0.488 e. The van der Waals surface area contributed by atoms with Gasteiger partial charge in [-0.25, -0.2) is 0 Å². The highest BCUT2D eigenvalue weighted by atomic mass is 16.4. The highest BCUT2D eigenvalue weighted by Crippen LogP contribution is 2.23. The first kappa shape index (κ1) is 10.3. The molecule has 0 aliphatic carbocycles. The molecule has 0 amide bonds. The molecular formula is C11H14BNO2. The maximum atomic E-state index is 9.10. The molecular weight excluding hydrogens is 189 g/mol. The molecule has 78 valence electrons. The van der Waals surface area contributed by atoms with Crippen LogP contribution in [0.4, 0.5) is 0 Å². The number of fused-ring (bicyclic) bond motifs is 1. The van der Waals surface area contributed by atoms with Gasteiger partial charge in [-0.15, -0.1) is 0 Å². The number of hydrogen-bond donors (Lipinski definition) is 3. The molecule has 1 heterocycles. The van der Waals surface area contributed by atoms with Crippen molar-refractivity contribution in [3.63, 3.8) is 0 Å². The van der Waals surface area contributed by atoms with Crippen LogP contribution in [0, 0.1) is 0 Å². The summed E-state index contributed by atoms with van der Waals surface area (Å²) in [7, 11) is -1.40. The second kappa shape index (κ2) is 3.72. The van der Waals surface area contributed by atoms with Crippen LogP contribution >= 0.6 is 0 Å². The first-order valence-electron chi connectivity index (χ1n) is 5.06. The van der Waals surface area contributed by atoms with Gasteiger partial charge in [0.25, 0.3) is 0 Å². The minimum atomic E-state index is -1.40. The molecule has 0 unspecified atom stereocenters. The van der Waals surface area contributed by atoms with Crippen molar-refractivity contribution in [1.29, 1.82) is 0 Å². The van der Waals surface area contributed by atoms with Gasteiger partial charge < -0.3 is 15.0 Å². The summed E-state index contributed by atoms with van der Waals surface area (Å²) in [5, 5.41) is 19.3. The van der Waals surface area contributed by atoms with Crippen LogP contribution in [0.2, 0.25) is 0 Å². The third-order valence-electron chi connectivity index (χ3n) is 2.66. The molecule has 3 N–H and O–H groups in total. The Bertz CT molecular complexity index is 476. The van der Waals surface area contributed by atoms with Crippen LogP contribution in [-0.4, -0.2) is 22.2 Å². The molecule has 0 fully saturated rings. The van der Waals surface area contributed by atoms with Gasteiger partial charge in [-0.1, -0.05) is 26.0 Å². The molecule has 0 radical (unpaired) electrons. The van der Waals surface area contributed by atoms with E-state index in [1.54, 1.807) is 6.07 Å². The lowest BCUT2D eigenvalue weighted by Crippen LogP contribution is -2.29. The van der Waals surface area contributed by atoms with Gasteiger partial charge >= 0.3 is 7.12 Å². The van der Waals surface area contributed by atoms with E-state index in [1.807, 2.05) is 18.3 Å². The summed E-state index contributed by atoms with van der Waals surface area (Å²) in [6.07, 6.45) is 1.98. The van der Waals surface area contributed by atoms with Gasteiger partial charge in [-0.3, -0.25) is 0 Å². The molecule has 1 aromatic carbocycles.